The molecule has 31 heavy (non-hydrogen) atoms. The van der Waals surface area contributed by atoms with E-state index in [-0.39, 0.29) is 5.69 Å². The highest BCUT2D eigenvalue weighted by molar-refractivity contribution is 6.10. The first kappa shape index (κ1) is 22.0. The molecule has 6 nitrogen and oxygen atoms in total. The number of pyridine rings is 1. The van der Waals surface area contributed by atoms with Crippen LogP contribution in [0.15, 0.2) is 36.5 Å². The van der Waals surface area contributed by atoms with Gasteiger partial charge in [-0.25, -0.2) is 23.1 Å². The first-order chi connectivity index (χ1) is 14.7. The Labute approximate surface area is 177 Å². The van der Waals surface area contributed by atoms with Gasteiger partial charge in [0, 0.05) is 43.1 Å². The number of nitriles is 1. The second kappa shape index (κ2) is 8.60. The topological polar surface area (TPSA) is 90.4 Å². The van der Waals surface area contributed by atoms with Crippen molar-refractivity contribution in [3.8, 4) is 17.3 Å². The molecular formula is C22H21F3N6. The molecule has 1 aromatic carbocycles. The molecule has 0 bridgehead atoms. The van der Waals surface area contributed by atoms with Crippen molar-refractivity contribution in [2.24, 2.45) is 7.05 Å². The van der Waals surface area contributed by atoms with Crippen molar-refractivity contribution >= 4 is 22.8 Å². The molecule has 0 aliphatic carbocycles. The van der Waals surface area contributed by atoms with Gasteiger partial charge in [0.1, 0.15) is 17.6 Å². The second-order valence-corrected chi connectivity index (χ2v) is 7.20. The zero-order valence-electron chi connectivity index (χ0n) is 17.2. The molecule has 0 radical (unpaired) electrons. The average Bonchev–Trinajstić information content (AvgIpc) is 3.03. The molecule has 3 rings (SSSR count). The van der Waals surface area contributed by atoms with Gasteiger partial charge in [0.05, 0.1) is 23.3 Å². The quantitative estimate of drug-likeness (QED) is 0.549. The van der Waals surface area contributed by atoms with E-state index in [0.717, 1.165) is 23.1 Å². The van der Waals surface area contributed by atoms with E-state index >= 15 is 0 Å². The summed E-state index contributed by atoms with van der Waals surface area (Å²) in [4.78, 5) is 8.90. The lowest BCUT2D eigenvalue weighted by Crippen LogP contribution is -2.34. The molecule has 0 saturated carbocycles. The Morgan fingerprint density at radius 1 is 1.32 bits per heavy atom. The highest BCUT2D eigenvalue weighted by Crippen LogP contribution is 2.29. The molecule has 0 aliphatic rings. The average molecular weight is 426 g/mol. The number of imidazole rings is 1. The molecule has 0 amide bonds. The third-order valence-corrected chi connectivity index (χ3v) is 4.96. The molecule has 0 spiro atoms. The molecule has 0 fully saturated rings. The SMILES string of the molecule is Cc1nc2cc(-c3nc(C#N)ccc3/C(C=N)=C/NCC(F)C(C)(F)F)ccc2n1C. The summed E-state index contributed by atoms with van der Waals surface area (Å²) in [5, 5.41) is 19.5. The van der Waals surface area contributed by atoms with Crippen LogP contribution in [0.4, 0.5) is 13.2 Å². The maximum absolute atomic E-state index is 13.5. The molecule has 2 N–H and O–H groups in total. The van der Waals surface area contributed by atoms with E-state index in [0.29, 0.717) is 29.3 Å². The molecule has 2 aromatic heterocycles. The lowest BCUT2D eigenvalue weighted by atomic mass is 9.99. The number of nitrogens with zero attached hydrogens (tertiary/aromatic N) is 4. The zero-order valence-corrected chi connectivity index (χ0v) is 17.2. The Morgan fingerprint density at radius 2 is 2.06 bits per heavy atom. The molecule has 9 heteroatoms. The minimum Gasteiger partial charge on any atom is -0.387 e. The molecule has 1 unspecified atom stereocenters. The highest BCUT2D eigenvalue weighted by Gasteiger charge is 2.33. The number of nitrogens with one attached hydrogen (secondary N) is 2. The maximum atomic E-state index is 13.5. The summed E-state index contributed by atoms with van der Waals surface area (Å²) in [6.45, 7) is 1.79. The molecule has 160 valence electrons. The third kappa shape index (κ3) is 4.58. The van der Waals surface area contributed by atoms with Crippen molar-refractivity contribution in [3.63, 3.8) is 0 Å². The summed E-state index contributed by atoms with van der Waals surface area (Å²) in [6.07, 6.45) is -0.0640. The van der Waals surface area contributed by atoms with Gasteiger partial charge in [-0.2, -0.15) is 5.26 Å². The Bertz CT molecular complexity index is 1200. The van der Waals surface area contributed by atoms with Crippen molar-refractivity contribution in [1.82, 2.24) is 19.9 Å². The van der Waals surface area contributed by atoms with E-state index in [9.17, 15) is 18.4 Å². The minimum atomic E-state index is -3.47. The number of hydrogen-bond donors (Lipinski definition) is 2. The second-order valence-electron chi connectivity index (χ2n) is 7.20. The van der Waals surface area contributed by atoms with Crippen LogP contribution in [0.1, 0.15) is 24.0 Å². The first-order valence-corrected chi connectivity index (χ1v) is 9.46. The first-order valence-electron chi connectivity index (χ1n) is 9.46. The number of alkyl halides is 3. The fourth-order valence-corrected chi connectivity index (χ4v) is 3.09. The summed E-state index contributed by atoms with van der Waals surface area (Å²) in [5.41, 5.74) is 3.76. The van der Waals surface area contributed by atoms with E-state index in [1.54, 1.807) is 6.07 Å². The van der Waals surface area contributed by atoms with Gasteiger partial charge in [-0.15, -0.1) is 0 Å². The van der Waals surface area contributed by atoms with E-state index < -0.39 is 18.6 Å². The van der Waals surface area contributed by atoms with Gasteiger partial charge in [0.2, 0.25) is 0 Å². The standard InChI is InChI=1S/C22H21F3N6/c1-13-29-18-8-14(4-7-19(18)31(13)3)21-17(6-5-16(10-27)30-21)15(9-26)11-28-12-20(23)22(2,24)25/h4-9,11,20,26,28H,12H2,1-3H3/b15-11+,26-9?. The Morgan fingerprint density at radius 3 is 2.71 bits per heavy atom. The van der Waals surface area contributed by atoms with Crippen molar-refractivity contribution in [1.29, 1.82) is 10.7 Å². The Balaban J connectivity index is 2.04. The number of allylic oxidation sites excluding steroid dienone is 1. The normalized spacial score (nSPS) is 13.1. The largest absolute Gasteiger partial charge is 0.387 e. The summed E-state index contributed by atoms with van der Waals surface area (Å²) in [6, 6.07) is 10.7. The predicted octanol–water partition coefficient (Wildman–Crippen LogP) is 4.39. The number of hydrogen-bond acceptors (Lipinski definition) is 5. The van der Waals surface area contributed by atoms with Crippen LogP contribution in [0.25, 0.3) is 27.9 Å². The smallest absolute Gasteiger partial charge is 0.277 e. The summed E-state index contributed by atoms with van der Waals surface area (Å²) >= 11 is 0. The molecular weight excluding hydrogens is 405 g/mol. The van der Waals surface area contributed by atoms with Crippen LogP contribution in [-0.4, -0.2) is 39.4 Å². The van der Waals surface area contributed by atoms with Crippen LogP contribution >= 0.6 is 0 Å². The van der Waals surface area contributed by atoms with E-state index in [1.165, 1.54) is 12.3 Å². The Hall–Kier alpha value is -3.67. The number of fused-ring (bicyclic) bond motifs is 1. The van der Waals surface area contributed by atoms with Crippen LogP contribution in [0, 0.1) is 23.7 Å². The maximum Gasteiger partial charge on any atom is 0.277 e. The number of rotatable bonds is 7. The van der Waals surface area contributed by atoms with Crippen LogP contribution in [0.5, 0.6) is 0 Å². The molecule has 1 atom stereocenters. The van der Waals surface area contributed by atoms with E-state index in [4.69, 9.17) is 5.41 Å². The van der Waals surface area contributed by atoms with Gasteiger partial charge < -0.3 is 15.3 Å². The van der Waals surface area contributed by atoms with E-state index in [2.05, 4.69) is 15.3 Å². The van der Waals surface area contributed by atoms with Crippen molar-refractivity contribution in [2.75, 3.05) is 6.54 Å². The van der Waals surface area contributed by atoms with Crippen molar-refractivity contribution in [2.45, 2.75) is 25.9 Å². The fraction of sp³-hybridized carbons (Fsp3) is 0.273. The third-order valence-electron chi connectivity index (χ3n) is 4.96. The molecule has 2 heterocycles. The number of aromatic nitrogens is 3. The van der Waals surface area contributed by atoms with Gasteiger partial charge in [-0.1, -0.05) is 6.07 Å². The fourth-order valence-electron chi connectivity index (χ4n) is 3.09. The van der Waals surface area contributed by atoms with Gasteiger partial charge in [-0.3, -0.25) is 0 Å². The van der Waals surface area contributed by atoms with Crippen LogP contribution < -0.4 is 5.32 Å². The van der Waals surface area contributed by atoms with Gasteiger partial charge in [-0.05, 0) is 31.2 Å². The van der Waals surface area contributed by atoms with Gasteiger partial charge in [0.25, 0.3) is 5.92 Å². The van der Waals surface area contributed by atoms with Gasteiger partial charge in [0.15, 0.2) is 6.17 Å². The van der Waals surface area contributed by atoms with Crippen molar-refractivity contribution in [3.05, 3.63) is 53.6 Å². The lowest BCUT2D eigenvalue weighted by Gasteiger charge is -2.16. The monoisotopic (exact) mass is 426 g/mol. The van der Waals surface area contributed by atoms with Crippen LogP contribution in [0.3, 0.4) is 0 Å². The highest BCUT2D eigenvalue weighted by atomic mass is 19.3. The van der Waals surface area contributed by atoms with E-state index in [1.807, 2.05) is 42.8 Å². The van der Waals surface area contributed by atoms with Crippen molar-refractivity contribution < 1.29 is 13.2 Å². The molecule has 0 saturated heterocycles. The molecule has 3 aromatic rings. The predicted molar refractivity (Wildman–Crippen MR) is 114 cm³/mol. The van der Waals surface area contributed by atoms with Crippen LogP contribution in [-0.2, 0) is 7.05 Å². The number of halogens is 3. The molecule has 0 aliphatic heterocycles. The lowest BCUT2D eigenvalue weighted by molar-refractivity contribution is -0.0526. The summed E-state index contributed by atoms with van der Waals surface area (Å²) in [7, 11) is 1.91. The summed E-state index contributed by atoms with van der Waals surface area (Å²) < 4.78 is 41.6. The summed E-state index contributed by atoms with van der Waals surface area (Å²) in [5.74, 6) is -2.63. The van der Waals surface area contributed by atoms with Gasteiger partial charge >= 0.3 is 0 Å². The van der Waals surface area contributed by atoms with Crippen LogP contribution in [0.2, 0.25) is 0 Å². The minimum absolute atomic E-state index is 0.183. The Kier molecular flexibility index (Phi) is 6.11. The zero-order chi connectivity index (χ0) is 22.8. The number of benzene rings is 1. The number of aryl methyl sites for hydroxylation is 2.